The molecule has 3 rings (SSSR count). The molecule has 0 bridgehead atoms. The van der Waals surface area contributed by atoms with E-state index >= 15 is 0 Å². The molecule has 3 aliphatic rings. The Morgan fingerprint density at radius 3 is 2.07 bits per heavy atom. The molecular weight excluding hydrogens is 549 g/mol. The van der Waals surface area contributed by atoms with Gasteiger partial charge in [0.1, 0.15) is 0 Å². The molecule has 4 nitrogen and oxygen atoms in total. The van der Waals surface area contributed by atoms with Gasteiger partial charge in [-0.3, -0.25) is 0 Å². The molecule has 0 aromatic rings. The molecule has 0 radical (unpaired) electrons. The first-order valence-corrected chi connectivity index (χ1v) is 20.5. The predicted octanol–water partition coefficient (Wildman–Crippen LogP) is 10.8. The first-order valence-electron chi connectivity index (χ1n) is 17.6. The molecule has 0 aromatic carbocycles. The number of hydrogen-bond donors (Lipinski definition) is 1. The average Bonchev–Trinajstić information content (AvgIpc) is 3.06. The normalized spacial score (nSPS) is 34.7. The molecule has 1 heterocycles. The third kappa shape index (κ3) is 8.67. The van der Waals surface area contributed by atoms with Crippen LogP contribution in [-0.2, 0) is 13.9 Å². The second-order valence-electron chi connectivity index (χ2n) is 18.0. The van der Waals surface area contributed by atoms with Gasteiger partial charge in [0, 0.05) is 6.10 Å². The molecule has 1 aliphatic heterocycles. The van der Waals surface area contributed by atoms with E-state index in [1.165, 1.54) is 24.0 Å². The highest BCUT2D eigenvalue weighted by molar-refractivity contribution is 6.74. The van der Waals surface area contributed by atoms with Crippen molar-refractivity contribution in [3.8, 4) is 0 Å². The van der Waals surface area contributed by atoms with E-state index in [0.29, 0.717) is 17.9 Å². The zero-order valence-corrected chi connectivity index (χ0v) is 31.8. The second-order valence-corrected chi connectivity index (χ2v) is 22.8. The maximum absolute atomic E-state index is 11.0. The van der Waals surface area contributed by atoms with Crippen LogP contribution in [0.4, 0.5) is 0 Å². The molecule has 3 fully saturated rings. The van der Waals surface area contributed by atoms with Crippen molar-refractivity contribution < 1.29 is 19.0 Å². The Labute approximate surface area is 267 Å². The average molecular weight is 619 g/mol. The lowest BCUT2D eigenvalue weighted by Gasteiger charge is -2.61. The summed E-state index contributed by atoms with van der Waals surface area (Å²) in [5, 5.41) is 11.2. The Kier molecular flexibility index (Phi) is 11.5. The Morgan fingerprint density at radius 2 is 1.49 bits per heavy atom. The van der Waals surface area contributed by atoms with E-state index in [2.05, 4.69) is 94.5 Å². The molecule has 250 valence electrons. The summed E-state index contributed by atoms with van der Waals surface area (Å²) in [7, 11) is -1.88. The van der Waals surface area contributed by atoms with Gasteiger partial charge in [-0.05, 0) is 147 Å². The Hall–Kier alpha value is -0.463. The summed E-state index contributed by atoms with van der Waals surface area (Å²) in [5.41, 5.74) is 2.89. The van der Waals surface area contributed by atoms with Gasteiger partial charge in [0.25, 0.3) is 0 Å². The minimum Gasteiger partial charge on any atom is -0.414 e. The summed E-state index contributed by atoms with van der Waals surface area (Å²) >= 11 is 0. The van der Waals surface area contributed by atoms with Crippen molar-refractivity contribution in [1.82, 2.24) is 0 Å². The van der Waals surface area contributed by atoms with Gasteiger partial charge in [0.15, 0.2) is 14.1 Å². The highest BCUT2D eigenvalue weighted by Crippen LogP contribution is 2.61. The van der Waals surface area contributed by atoms with Crippen LogP contribution in [0.25, 0.3) is 0 Å². The SMILES string of the molecule is C/C(=C\CC[C@H]1C(O[Si](C)(C)C(C)(C)C)CC[C@H]2C(C)(C)[C@@H](O)CC[C@]12C)CC/C=C(\C)CC[C@H]1OC(C)(C)OC1(C)C. The van der Waals surface area contributed by atoms with E-state index in [4.69, 9.17) is 13.9 Å². The van der Waals surface area contributed by atoms with Gasteiger partial charge in [-0.25, -0.2) is 0 Å². The quantitative estimate of drug-likeness (QED) is 0.185. The molecule has 0 spiro atoms. The van der Waals surface area contributed by atoms with E-state index in [-0.39, 0.29) is 33.7 Å². The second kappa shape index (κ2) is 13.3. The number of rotatable bonds is 11. The van der Waals surface area contributed by atoms with Gasteiger partial charge in [-0.2, -0.15) is 0 Å². The lowest BCUT2D eigenvalue weighted by atomic mass is 9.46. The van der Waals surface area contributed by atoms with Crippen LogP contribution in [0.15, 0.2) is 23.3 Å². The largest absolute Gasteiger partial charge is 0.414 e. The summed E-state index contributed by atoms with van der Waals surface area (Å²) in [5.74, 6) is 0.591. The zero-order valence-electron chi connectivity index (χ0n) is 30.8. The van der Waals surface area contributed by atoms with Crippen molar-refractivity contribution in [1.29, 1.82) is 0 Å². The topological polar surface area (TPSA) is 47.9 Å². The maximum Gasteiger partial charge on any atom is 0.192 e. The lowest BCUT2D eigenvalue weighted by molar-refractivity contribution is -0.163. The van der Waals surface area contributed by atoms with Crippen LogP contribution >= 0.6 is 0 Å². The monoisotopic (exact) mass is 619 g/mol. The van der Waals surface area contributed by atoms with Crippen LogP contribution in [0.5, 0.6) is 0 Å². The maximum atomic E-state index is 11.0. The van der Waals surface area contributed by atoms with Crippen LogP contribution in [0.1, 0.15) is 147 Å². The van der Waals surface area contributed by atoms with E-state index in [9.17, 15) is 5.11 Å². The van der Waals surface area contributed by atoms with Crippen molar-refractivity contribution in [3.05, 3.63) is 23.3 Å². The summed E-state index contributed by atoms with van der Waals surface area (Å²) in [6, 6.07) is 0. The Bertz CT molecular complexity index is 1000. The lowest BCUT2D eigenvalue weighted by Crippen LogP contribution is -2.59. The zero-order chi connectivity index (χ0) is 32.6. The predicted molar refractivity (Wildman–Crippen MR) is 185 cm³/mol. The molecule has 43 heavy (non-hydrogen) atoms. The van der Waals surface area contributed by atoms with Crippen LogP contribution in [0.3, 0.4) is 0 Å². The Morgan fingerprint density at radius 1 is 0.884 bits per heavy atom. The fourth-order valence-corrected chi connectivity index (χ4v) is 10.0. The van der Waals surface area contributed by atoms with Crippen LogP contribution < -0.4 is 0 Å². The van der Waals surface area contributed by atoms with Crippen LogP contribution in [-0.4, -0.2) is 43.1 Å². The van der Waals surface area contributed by atoms with E-state index in [1.807, 2.05) is 13.8 Å². The van der Waals surface area contributed by atoms with Gasteiger partial charge in [-0.1, -0.05) is 64.8 Å². The van der Waals surface area contributed by atoms with Crippen LogP contribution in [0.2, 0.25) is 18.1 Å². The fourth-order valence-electron chi connectivity index (χ4n) is 8.62. The number of allylic oxidation sites excluding steroid dienone is 4. The molecular formula is C38H70O4Si. The molecule has 0 amide bonds. The van der Waals surface area contributed by atoms with Crippen molar-refractivity contribution in [3.63, 3.8) is 0 Å². The summed E-state index contributed by atoms with van der Waals surface area (Å²) in [6.45, 7) is 32.0. The molecule has 5 heteroatoms. The fraction of sp³-hybridized carbons (Fsp3) is 0.895. The number of ether oxygens (including phenoxy) is 2. The van der Waals surface area contributed by atoms with Crippen molar-refractivity contribution in [2.45, 2.75) is 195 Å². The van der Waals surface area contributed by atoms with E-state index in [1.54, 1.807) is 0 Å². The minimum atomic E-state index is -1.88. The molecule has 2 aliphatic carbocycles. The summed E-state index contributed by atoms with van der Waals surface area (Å²) in [6.07, 6.45) is 16.1. The van der Waals surface area contributed by atoms with Crippen molar-refractivity contribution >= 4 is 8.32 Å². The third-order valence-corrected chi connectivity index (χ3v) is 16.8. The molecule has 0 aromatic heterocycles. The molecule has 1 unspecified atom stereocenters. The molecule has 2 saturated carbocycles. The summed E-state index contributed by atoms with van der Waals surface area (Å²) < 4.78 is 19.5. The molecule has 6 atom stereocenters. The number of aliphatic hydroxyl groups is 1. The standard InChI is InChI=1S/C38H70O4Si/c1-27(17-15-18-28(2)21-24-33-36(8,9)42-37(10,11)40-33)19-16-20-29-30(41-43(13,14)34(3,4)5)22-23-31-35(6,7)32(39)25-26-38(29,31)12/h18-19,29-33,39H,15-17,20-26H2,1-14H3/b27-19+,28-18+/t29-,30?,31-,32-,33+,38+/m0/s1. The highest BCUT2D eigenvalue weighted by atomic mass is 28.4. The van der Waals surface area contributed by atoms with E-state index in [0.717, 1.165) is 51.4 Å². The van der Waals surface area contributed by atoms with Gasteiger partial charge >= 0.3 is 0 Å². The first-order chi connectivity index (χ1) is 19.5. The van der Waals surface area contributed by atoms with Crippen molar-refractivity contribution in [2.75, 3.05) is 0 Å². The van der Waals surface area contributed by atoms with Crippen molar-refractivity contribution in [2.24, 2.45) is 22.7 Å². The highest BCUT2D eigenvalue weighted by Gasteiger charge is 2.58. The smallest absolute Gasteiger partial charge is 0.192 e. The molecule has 1 N–H and O–H groups in total. The Balaban J connectivity index is 1.62. The number of aliphatic hydroxyl groups excluding tert-OH is 1. The molecule has 1 saturated heterocycles. The van der Waals surface area contributed by atoms with Crippen LogP contribution in [0, 0.1) is 22.7 Å². The third-order valence-electron chi connectivity index (χ3n) is 12.3. The summed E-state index contributed by atoms with van der Waals surface area (Å²) in [4.78, 5) is 0. The van der Waals surface area contributed by atoms with Gasteiger partial charge < -0.3 is 19.0 Å². The van der Waals surface area contributed by atoms with Gasteiger partial charge in [0.2, 0.25) is 0 Å². The van der Waals surface area contributed by atoms with Gasteiger partial charge in [-0.15, -0.1) is 0 Å². The minimum absolute atomic E-state index is 0.0357. The number of fused-ring (bicyclic) bond motifs is 1. The van der Waals surface area contributed by atoms with Gasteiger partial charge in [0.05, 0.1) is 17.8 Å². The first kappa shape index (κ1) is 37.0. The number of hydrogen-bond acceptors (Lipinski definition) is 4. The van der Waals surface area contributed by atoms with E-state index < -0.39 is 14.1 Å².